The van der Waals surface area contributed by atoms with E-state index in [0.29, 0.717) is 5.02 Å². The smallest absolute Gasteiger partial charge is 0.241 e. The van der Waals surface area contributed by atoms with Crippen molar-refractivity contribution in [2.24, 2.45) is 0 Å². The van der Waals surface area contributed by atoms with Gasteiger partial charge in [0.05, 0.1) is 6.04 Å². The van der Waals surface area contributed by atoms with Gasteiger partial charge in [-0.3, -0.25) is 10.1 Å². The highest BCUT2D eigenvalue weighted by molar-refractivity contribution is 9.10. The van der Waals surface area contributed by atoms with Crippen molar-refractivity contribution in [1.82, 2.24) is 5.32 Å². The maximum Gasteiger partial charge on any atom is 0.241 e. The third kappa shape index (κ3) is 4.83. The zero-order valence-electron chi connectivity index (χ0n) is 12.4. The molecule has 0 heterocycles. The van der Waals surface area contributed by atoms with Crippen LogP contribution < -0.4 is 10.6 Å². The molecule has 0 saturated heterocycles. The van der Waals surface area contributed by atoms with E-state index in [9.17, 15) is 4.79 Å². The number of anilines is 1. The van der Waals surface area contributed by atoms with Crippen LogP contribution in [-0.2, 0) is 4.79 Å². The van der Waals surface area contributed by atoms with Crippen LogP contribution in [-0.4, -0.2) is 11.9 Å². The van der Waals surface area contributed by atoms with Gasteiger partial charge in [0.25, 0.3) is 0 Å². The molecule has 0 saturated carbocycles. The van der Waals surface area contributed by atoms with Crippen molar-refractivity contribution in [2.45, 2.75) is 25.9 Å². The van der Waals surface area contributed by atoms with Crippen LogP contribution in [0.1, 0.15) is 25.5 Å². The molecule has 0 aliphatic rings. The van der Waals surface area contributed by atoms with Crippen molar-refractivity contribution in [1.29, 1.82) is 0 Å². The van der Waals surface area contributed by atoms with Crippen molar-refractivity contribution in [3.8, 4) is 0 Å². The number of amides is 1. The summed E-state index contributed by atoms with van der Waals surface area (Å²) in [7, 11) is 0. The van der Waals surface area contributed by atoms with Crippen molar-refractivity contribution in [2.75, 3.05) is 5.32 Å². The zero-order chi connectivity index (χ0) is 16.1. The molecule has 1 amide bonds. The predicted molar refractivity (Wildman–Crippen MR) is 95.2 cm³/mol. The van der Waals surface area contributed by atoms with E-state index in [1.807, 2.05) is 62.4 Å². The first kappa shape index (κ1) is 17.0. The maximum atomic E-state index is 12.2. The Morgan fingerprint density at radius 3 is 2.45 bits per heavy atom. The summed E-state index contributed by atoms with van der Waals surface area (Å²) in [6, 6.07) is 14.8. The molecule has 0 aliphatic carbocycles. The fraction of sp³-hybridized carbons (Fsp3) is 0.235. The van der Waals surface area contributed by atoms with Gasteiger partial charge in [-0.2, -0.15) is 0 Å². The molecule has 2 rings (SSSR count). The number of benzene rings is 2. The van der Waals surface area contributed by atoms with E-state index in [2.05, 4.69) is 26.6 Å². The Labute approximate surface area is 144 Å². The quantitative estimate of drug-likeness (QED) is 0.782. The molecule has 2 aromatic rings. The molecule has 0 aromatic heterocycles. The highest BCUT2D eigenvalue weighted by Crippen LogP contribution is 2.18. The molecule has 0 fully saturated rings. The number of halogens is 2. The Hall–Kier alpha value is -1.36. The number of nitrogens with one attached hydrogen (secondary N) is 2. The minimum atomic E-state index is -0.322. The van der Waals surface area contributed by atoms with E-state index in [1.165, 1.54) is 0 Å². The van der Waals surface area contributed by atoms with E-state index in [1.54, 1.807) is 0 Å². The molecule has 116 valence electrons. The summed E-state index contributed by atoms with van der Waals surface area (Å²) in [6.45, 7) is 3.85. The lowest BCUT2D eigenvalue weighted by molar-refractivity contribution is -0.117. The molecule has 0 unspecified atom stereocenters. The van der Waals surface area contributed by atoms with Crippen molar-refractivity contribution < 1.29 is 4.79 Å². The van der Waals surface area contributed by atoms with Crippen LogP contribution in [0.25, 0.3) is 0 Å². The van der Waals surface area contributed by atoms with E-state index in [0.717, 1.165) is 15.7 Å². The topological polar surface area (TPSA) is 41.1 Å². The van der Waals surface area contributed by atoms with Crippen LogP contribution >= 0.6 is 27.5 Å². The third-order valence-corrected chi connectivity index (χ3v) is 4.12. The summed E-state index contributed by atoms with van der Waals surface area (Å²) in [5, 5.41) is 6.86. The Morgan fingerprint density at radius 1 is 1.14 bits per heavy atom. The Balaban J connectivity index is 1.94. The summed E-state index contributed by atoms with van der Waals surface area (Å²) < 4.78 is 0.978. The summed E-state index contributed by atoms with van der Waals surface area (Å²) >= 11 is 9.37. The van der Waals surface area contributed by atoms with Crippen LogP contribution in [0.3, 0.4) is 0 Å². The normalized spacial score (nSPS) is 13.5. The lowest BCUT2D eigenvalue weighted by Gasteiger charge is -2.20. The van der Waals surface area contributed by atoms with E-state index >= 15 is 0 Å². The van der Waals surface area contributed by atoms with Gasteiger partial charge in [-0.1, -0.05) is 39.7 Å². The van der Waals surface area contributed by atoms with E-state index < -0.39 is 0 Å². The van der Waals surface area contributed by atoms with Gasteiger partial charge in [0.15, 0.2) is 0 Å². The SMILES string of the molecule is C[C@@H](N[C@H](C)c1cccc(Cl)c1)C(=O)Nc1ccc(Br)cc1. The maximum absolute atomic E-state index is 12.2. The molecular weight excluding hydrogens is 364 g/mol. The summed E-state index contributed by atoms with van der Waals surface area (Å²) in [5.74, 6) is -0.0730. The van der Waals surface area contributed by atoms with Crippen molar-refractivity contribution in [3.05, 3.63) is 63.6 Å². The molecule has 2 N–H and O–H groups in total. The second-order valence-corrected chi connectivity index (χ2v) is 6.51. The molecule has 5 heteroatoms. The molecule has 3 nitrogen and oxygen atoms in total. The first-order valence-corrected chi connectivity index (χ1v) is 8.21. The van der Waals surface area contributed by atoms with Gasteiger partial charge >= 0.3 is 0 Å². The standard InChI is InChI=1S/C17H18BrClN2O/c1-11(13-4-3-5-15(19)10-13)20-12(2)17(22)21-16-8-6-14(18)7-9-16/h3-12,20H,1-2H3,(H,21,22)/t11-,12-/m1/s1. The van der Waals surface area contributed by atoms with Gasteiger partial charge in [0.1, 0.15) is 0 Å². The molecule has 22 heavy (non-hydrogen) atoms. The number of carbonyl (C=O) groups is 1. The lowest BCUT2D eigenvalue weighted by atomic mass is 10.1. The fourth-order valence-electron chi connectivity index (χ4n) is 2.11. The van der Waals surface area contributed by atoms with Gasteiger partial charge in [-0.15, -0.1) is 0 Å². The molecule has 2 aromatic carbocycles. The first-order chi connectivity index (χ1) is 10.5. The number of hydrogen-bond donors (Lipinski definition) is 2. The minimum Gasteiger partial charge on any atom is -0.325 e. The molecule has 0 spiro atoms. The first-order valence-electron chi connectivity index (χ1n) is 7.03. The average Bonchev–Trinajstić information content (AvgIpc) is 2.49. The Morgan fingerprint density at radius 2 is 1.82 bits per heavy atom. The molecule has 0 radical (unpaired) electrons. The second-order valence-electron chi connectivity index (χ2n) is 5.16. The summed E-state index contributed by atoms with van der Waals surface area (Å²) in [4.78, 5) is 12.2. The van der Waals surface area contributed by atoms with Gasteiger partial charge in [-0.25, -0.2) is 0 Å². The Bertz CT molecular complexity index is 645. The number of carbonyl (C=O) groups excluding carboxylic acids is 1. The minimum absolute atomic E-state index is 0.0318. The van der Waals surface area contributed by atoms with Crippen LogP contribution in [0.15, 0.2) is 53.0 Å². The summed E-state index contributed by atoms with van der Waals surface area (Å²) in [6.07, 6.45) is 0. The van der Waals surface area contributed by atoms with Gasteiger partial charge in [0.2, 0.25) is 5.91 Å². The van der Waals surface area contributed by atoms with E-state index in [4.69, 9.17) is 11.6 Å². The lowest BCUT2D eigenvalue weighted by Crippen LogP contribution is -2.39. The van der Waals surface area contributed by atoms with Gasteiger partial charge < -0.3 is 5.32 Å². The monoisotopic (exact) mass is 380 g/mol. The van der Waals surface area contributed by atoms with Crippen LogP contribution in [0.2, 0.25) is 5.02 Å². The van der Waals surface area contributed by atoms with Crippen molar-refractivity contribution in [3.63, 3.8) is 0 Å². The molecular formula is C17H18BrClN2O. The van der Waals surface area contributed by atoms with Crippen LogP contribution in [0.4, 0.5) is 5.69 Å². The average molecular weight is 382 g/mol. The Kier molecular flexibility index (Phi) is 6.00. The van der Waals surface area contributed by atoms with E-state index in [-0.39, 0.29) is 18.0 Å². The predicted octanol–water partition coefficient (Wildman–Crippen LogP) is 4.78. The molecule has 2 atom stereocenters. The summed E-state index contributed by atoms with van der Waals surface area (Å²) in [5.41, 5.74) is 1.83. The number of rotatable bonds is 5. The molecule has 0 bridgehead atoms. The third-order valence-electron chi connectivity index (χ3n) is 3.35. The fourth-order valence-corrected chi connectivity index (χ4v) is 2.57. The molecule has 0 aliphatic heterocycles. The highest BCUT2D eigenvalue weighted by Gasteiger charge is 2.16. The van der Waals surface area contributed by atoms with Gasteiger partial charge in [-0.05, 0) is 55.8 Å². The van der Waals surface area contributed by atoms with Crippen molar-refractivity contribution >= 4 is 39.1 Å². The largest absolute Gasteiger partial charge is 0.325 e. The van der Waals surface area contributed by atoms with Gasteiger partial charge in [0, 0.05) is 21.2 Å². The van der Waals surface area contributed by atoms with Crippen LogP contribution in [0.5, 0.6) is 0 Å². The highest BCUT2D eigenvalue weighted by atomic mass is 79.9. The number of hydrogen-bond acceptors (Lipinski definition) is 2. The van der Waals surface area contributed by atoms with Crippen LogP contribution in [0, 0.1) is 0 Å². The second kappa shape index (κ2) is 7.77. The zero-order valence-corrected chi connectivity index (χ0v) is 14.8.